The summed E-state index contributed by atoms with van der Waals surface area (Å²) in [4.78, 5) is 14.5. The third-order valence-corrected chi connectivity index (χ3v) is 6.01. The Labute approximate surface area is 220 Å². The number of nitrogens with one attached hydrogen (secondary N) is 2. The van der Waals surface area contributed by atoms with E-state index >= 15 is 0 Å². The van der Waals surface area contributed by atoms with Crippen LogP contribution in [0.1, 0.15) is 16.8 Å². The van der Waals surface area contributed by atoms with Crippen LogP contribution in [-0.4, -0.2) is 52.6 Å². The highest BCUT2D eigenvalue weighted by Crippen LogP contribution is 2.20. The zero-order valence-electron chi connectivity index (χ0n) is 20.7. The van der Waals surface area contributed by atoms with Gasteiger partial charge in [0, 0.05) is 18.8 Å². The van der Waals surface area contributed by atoms with Gasteiger partial charge in [-0.25, -0.2) is 14.8 Å². The molecule has 0 atom stereocenters. The van der Waals surface area contributed by atoms with E-state index in [1.165, 1.54) is 5.56 Å². The summed E-state index contributed by atoms with van der Waals surface area (Å²) >= 11 is 0. The van der Waals surface area contributed by atoms with Crippen molar-refractivity contribution >= 4 is 29.4 Å². The van der Waals surface area contributed by atoms with Crippen molar-refractivity contribution in [2.24, 2.45) is 5.10 Å². The van der Waals surface area contributed by atoms with Gasteiger partial charge in [0.15, 0.2) is 11.6 Å². The third kappa shape index (κ3) is 6.80. The Morgan fingerprint density at radius 1 is 0.947 bits per heavy atom. The Morgan fingerprint density at radius 3 is 2.50 bits per heavy atom. The van der Waals surface area contributed by atoms with Gasteiger partial charge in [0.25, 0.3) is 0 Å². The number of phenolic OH excluding ortho intramolecular Hbond substituents is 1. The van der Waals surface area contributed by atoms with E-state index in [0.29, 0.717) is 32.0 Å². The van der Waals surface area contributed by atoms with Crippen molar-refractivity contribution < 1.29 is 14.2 Å². The van der Waals surface area contributed by atoms with Crippen molar-refractivity contribution in [3.63, 3.8) is 0 Å². The Kier molecular flexibility index (Phi) is 8.00. The lowest BCUT2D eigenvalue weighted by molar-refractivity contribution is 0.122. The maximum absolute atomic E-state index is 14.2. The number of hydrogen-bond acceptors (Lipinski definition) is 9. The van der Waals surface area contributed by atoms with Gasteiger partial charge in [0.2, 0.25) is 5.95 Å². The standard InChI is InChI=1S/C28H28FN7O2/c29-26-19-31-28(34-27(26)36-11-13-38-14-12-36)35-32-18-23-9-10-24(17-30-23)33-22-5-1-3-20(15-22)7-8-21-4-2-6-25(37)16-21/h1-6,9-10,15-19,33,37H,7-8,11-14H2,(H,31,34,35)/b32-18+. The summed E-state index contributed by atoms with van der Waals surface area (Å²) < 4.78 is 19.5. The van der Waals surface area contributed by atoms with Gasteiger partial charge in [0.05, 0.1) is 43.2 Å². The first-order valence-electron chi connectivity index (χ1n) is 12.4. The molecule has 1 aliphatic heterocycles. The van der Waals surface area contributed by atoms with E-state index in [9.17, 15) is 9.50 Å². The van der Waals surface area contributed by atoms with Crippen LogP contribution in [0.3, 0.4) is 0 Å². The molecule has 0 bridgehead atoms. The van der Waals surface area contributed by atoms with Gasteiger partial charge in [-0.15, -0.1) is 0 Å². The lowest BCUT2D eigenvalue weighted by Gasteiger charge is -2.27. The van der Waals surface area contributed by atoms with Gasteiger partial charge in [-0.3, -0.25) is 4.98 Å². The van der Waals surface area contributed by atoms with Crippen molar-refractivity contribution in [1.29, 1.82) is 0 Å². The number of hydrazone groups is 1. The fourth-order valence-electron chi connectivity index (χ4n) is 4.09. The summed E-state index contributed by atoms with van der Waals surface area (Å²) in [6.07, 6.45) is 6.12. The molecule has 38 heavy (non-hydrogen) atoms. The number of anilines is 4. The molecule has 10 heteroatoms. The van der Waals surface area contributed by atoms with Crippen molar-refractivity contribution in [2.45, 2.75) is 12.8 Å². The van der Waals surface area contributed by atoms with Gasteiger partial charge in [-0.05, 0) is 60.4 Å². The molecule has 0 saturated carbocycles. The third-order valence-electron chi connectivity index (χ3n) is 6.01. The van der Waals surface area contributed by atoms with Crippen molar-refractivity contribution in [3.8, 4) is 5.75 Å². The van der Waals surface area contributed by atoms with E-state index in [2.05, 4.69) is 42.9 Å². The second kappa shape index (κ2) is 12.1. The van der Waals surface area contributed by atoms with Crippen molar-refractivity contribution in [1.82, 2.24) is 15.0 Å². The van der Waals surface area contributed by atoms with Crippen molar-refractivity contribution in [2.75, 3.05) is 41.9 Å². The number of morpholine rings is 1. The van der Waals surface area contributed by atoms with Crippen LogP contribution in [0.2, 0.25) is 0 Å². The van der Waals surface area contributed by atoms with E-state index in [0.717, 1.165) is 36.0 Å². The fraction of sp³-hybridized carbons (Fsp3) is 0.214. The minimum Gasteiger partial charge on any atom is -0.508 e. The lowest BCUT2D eigenvalue weighted by Crippen LogP contribution is -2.37. The summed E-state index contributed by atoms with van der Waals surface area (Å²) in [6.45, 7) is 2.22. The quantitative estimate of drug-likeness (QED) is 0.221. The average Bonchev–Trinajstić information content (AvgIpc) is 2.94. The summed E-state index contributed by atoms with van der Waals surface area (Å²) in [7, 11) is 0. The second-order valence-electron chi connectivity index (χ2n) is 8.80. The number of aromatic hydroxyl groups is 1. The molecular formula is C28H28FN7O2. The van der Waals surface area contributed by atoms with E-state index in [4.69, 9.17) is 4.74 Å². The number of phenols is 1. The number of pyridine rings is 1. The zero-order valence-corrected chi connectivity index (χ0v) is 20.7. The highest BCUT2D eigenvalue weighted by atomic mass is 19.1. The monoisotopic (exact) mass is 513 g/mol. The van der Waals surface area contributed by atoms with Crippen LogP contribution >= 0.6 is 0 Å². The SMILES string of the molecule is Oc1cccc(CCc2cccc(Nc3ccc(/C=N/Nc4ncc(F)c(N5CCOCC5)n4)nc3)c2)c1. The molecule has 1 aliphatic rings. The molecule has 0 spiro atoms. The molecule has 0 amide bonds. The molecule has 3 N–H and O–H groups in total. The van der Waals surface area contributed by atoms with E-state index in [1.54, 1.807) is 24.5 Å². The fourth-order valence-corrected chi connectivity index (χ4v) is 4.09. The summed E-state index contributed by atoms with van der Waals surface area (Å²) in [5.74, 6) is 0.244. The van der Waals surface area contributed by atoms with Gasteiger partial charge in [-0.1, -0.05) is 24.3 Å². The first kappa shape index (κ1) is 25.1. The van der Waals surface area contributed by atoms with Crippen LogP contribution in [0.15, 0.2) is 78.2 Å². The van der Waals surface area contributed by atoms with Crippen LogP contribution in [0.4, 0.5) is 27.5 Å². The van der Waals surface area contributed by atoms with Gasteiger partial charge >= 0.3 is 0 Å². The lowest BCUT2D eigenvalue weighted by atomic mass is 10.0. The molecule has 3 heterocycles. The summed E-state index contributed by atoms with van der Waals surface area (Å²) in [5.41, 5.74) is 7.48. The molecule has 5 rings (SSSR count). The van der Waals surface area contributed by atoms with Crippen molar-refractivity contribution in [3.05, 3.63) is 95.7 Å². The average molecular weight is 514 g/mol. The van der Waals surface area contributed by atoms with Crippen LogP contribution in [-0.2, 0) is 17.6 Å². The molecule has 0 aliphatic carbocycles. The maximum Gasteiger partial charge on any atom is 0.245 e. The molecule has 2 aromatic carbocycles. The van der Waals surface area contributed by atoms with Crippen LogP contribution in [0.25, 0.3) is 0 Å². The van der Waals surface area contributed by atoms with Crippen LogP contribution in [0, 0.1) is 5.82 Å². The van der Waals surface area contributed by atoms with Gasteiger partial charge in [-0.2, -0.15) is 10.1 Å². The van der Waals surface area contributed by atoms with Gasteiger partial charge in [0.1, 0.15) is 5.75 Å². The predicted molar refractivity (Wildman–Crippen MR) is 146 cm³/mol. The number of nitrogens with zero attached hydrogens (tertiary/aromatic N) is 5. The Morgan fingerprint density at radius 2 is 1.74 bits per heavy atom. The molecule has 0 radical (unpaired) electrons. The second-order valence-corrected chi connectivity index (χ2v) is 8.80. The first-order chi connectivity index (χ1) is 18.6. The number of aryl methyl sites for hydroxylation is 2. The normalized spacial score (nSPS) is 13.6. The summed E-state index contributed by atoms with van der Waals surface area (Å²) in [5, 5.41) is 17.2. The first-order valence-corrected chi connectivity index (χ1v) is 12.4. The molecule has 194 valence electrons. The molecule has 2 aromatic heterocycles. The number of hydrogen-bond donors (Lipinski definition) is 3. The molecule has 1 fully saturated rings. The molecule has 9 nitrogen and oxygen atoms in total. The Balaban J connectivity index is 1.15. The molecular weight excluding hydrogens is 485 g/mol. The molecule has 4 aromatic rings. The Hall–Kier alpha value is -4.57. The Bertz CT molecular complexity index is 1390. The van der Waals surface area contributed by atoms with Crippen LogP contribution < -0.4 is 15.6 Å². The number of aromatic nitrogens is 3. The zero-order chi connectivity index (χ0) is 26.2. The van der Waals surface area contributed by atoms with E-state index < -0.39 is 5.82 Å². The van der Waals surface area contributed by atoms with E-state index in [-0.39, 0.29) is 17.5 Å². The minimum absolute atomic E-state index is 0.200. The largest absolute Gasteiger partial charge is 0.508 e. The highest BCUT2D eigenvalue weighted by Gasteiger charge is 2.17. The minimum atomic E-state index is -0.479. The number of benzene rings is 2. The smallest absolute Gasteiger partial charge is 0.245 e. The topological polar surface area (TPSA) is 108 Å². The van der Waals surface area contributed by atoms with Gasteiger partial charge < -0.3 is 20.1 Å². The van der Waals surface area contributed by atoms with Crippen LogP contribution in [0.5, 0.6) is 5.75 Å². The number of halogens is 1. The predicted octanol–water partition coefficient (Wildman–Crippen LogP) is 4.53. The number of rotatable bonds is 9. The summed E-state index contributed by atoms with van der Waals surface area (Å²) in [6, 6.07) is 19.3. The maximum atomic E-state index is 14.2. The van der Waals surface area contributed by atoms with E-state index in [1.807, 2.05) is 41.3 Å². The highest BCUT2D eigenvalue weighted by molar-refractivity contribution is 5.78. The number of ether oxygens (including phenoxy) is 1. The molecule has 1 saturated heterocycles. The molecule has 0 unspecified atom stereocenters.